The first-order valence-corrected chi connectivity index (χ1v) is 11.0. The van der Waals surface area contributed by atoms with Gasteiger partial charge in [-0.3, -0.25) is 4.79 Å². The van der Waals surface area contributed by atoms with Crippen LogP contribution in [0.4, 0.5) is 0 Å². The van der Waals surface area contributed by atoms with E-state index >= 15 is 0 Å². The number of ether oxygens (including phenoxy) is 2. The number of hydrogen-bond donors (Lipinski definition) is 1. The Morgan fingerprint density at radius 2 is 1.66 bits per heavy atom. The van der Waals surface area contributed by atoms with Gasteiger partial charge in [-0.05, 0) is 65.9 Å². The minimum atomic E-state index is -0.161. The van der Waals surface area contributed by atoms with Crippen molar-refractivity contribution in [2.45, 2.75) is 45.8 Å². The van der Waals surface area contributed by atoms with Gasteiger partial charge in [0.05, 0.1) is 13.2 Å². The Morgan fingerprint density at radius 3 is 2.25 bits per heavy atom. The topological polar surface area (TPSA) is 47.6 Å². The molecule has 4 nitrogen and oxygen atoms in total. The SMILES string of the molecule is COc1ccc(C(=O)N[C@@H](C)c2ccc(Cl)cc2)cc1COc1ccc(C(C)(C)C)cc1. The van der Waals surface area contributed by atoms with Crippen LogP contribution in [0.5, 0.6) is 11.5 Å². The van der Waals surface area contributed by atoms with E-state index in [1.807, 2.05) is 49.4 Å². The number of hydrogen-bond acceptors (Lipinski definition) is 3. The maximum atomic E-state index is 12.8. The first kappa shape index (κ1) is 23.7. The van der Waals surface area contributed by atoms with E-state index in [0.717, 1.165) is 16.9 Å². The fourth-order valence-electron chi connectivity index (χ4n) is 3.36. The molecule has 3 aromatic carbocycles. The van der Waals surface area contributed by atoms with Crippen LogP contribution in [-0.2, 0) is 12.0 Å². The number of amides is 1. The van der Waals surface area contributed by atoms with Crippen molar-refractivity contribution in [2.75, 3.05) is 7.11 Å². The average Bonchev–Trinajstić information content (AvgIpc) is 2.77. The van der Waals surface area contributed by atoms with Crippen LogP contribution in [0.2, 0.25) is 5.02 Å². The highest BCUT2D eigenvalue weighted by Crippen LogP contribution is 2.26. The highest BCUT2D eigenvalue weighted by molar-refractivity contribution is 6.30. The van der Waals surface area contributed by atoms with E-state index in [1.165, 1.54) is 5.56 Å². The molecule has 0 aromatic heterocycles. The van der Waals surface area contributed by atoms with Gasteiger partial charge in [-0.25, -0.2) is 0 Å². The molecule has 168 valence electrons. The summed E-state index contributed by atoms with van der Waals surface area (Å²) in [6.07, 6.45) is 0. The Hall–Kier alpha value is -2.98. The summed E-state index contributed by atoms with van der Waals surface area (Å²) >= 11 is 5.95. The summed E-state index contributed by atoms with van der Waals surface area (Å²) in [4.78, 5) is 12.8. The maximum Gasteiger partial charge on any atom is 0.251 e. The van der Waals surface area contributed by atoms with Crippen LogP contribution in [-0.4, -0.2) is 13.0 Å². The van der Waals surface area contributed by atoms with Crippen molar-refractivity contribution in [3.63, 3.8) is 0 Å². The summed E-state index contributed by atoms with van der Waals surface area (Å²) in [6, 6.07) is 20.8. The third-order valence-electron chi connectivity index (χ3n) is 5.37. The van der Waals surface area contributed by atoms with Crippen LogP contribution < -0.4 is 14.8 Å². The molecule has 0 fully saturated rings. The number of nitrogens with one attached hydrogen (secondary N) is 1. The molecule has 1 amide bonds. The Kier molecular flexibility index (Phi) is 7.47. The zero-order chi connectivity index (χ0) is 23.3. The average molecular weight is 452 g/mol. The van der Waals surface area contributed by atoms with E-state index < -0.39 is 0 Å². The van der Waals surface area contributed by atoms with Gasteiger partial charge in [0.15, 0.2) is 0 Å². The van der Waals surface area contributed by atoms with Gasteiger partial charge >= 0.3 is 0 Å². The molecule has 0 bridgehead atoms. The van der Waals surface area contributed by atoms with Crippen molar-refractivity contribution in [1.29, 1.82) is 0 Å². The van der Waals surface area contributed by atoms with Crippen LogP contribution in [0, 0.1) is 0 Å². The van der Waals surface area contributed by atoms with Crippen molar-refractivity contribution >= 4 is 17.5 Å². The number of carbonyl (C=O) groups is 1. The van der Waals surface area contributed by atoms with Crippen LogP contribution in [0.3, 0.4) is 0 Å². The van der Waals surface area contributed by atoms with Crippen molar-refractivity contribution < 1.29 is 14.3 Å². The highest BCUT2D eigenvalue weighted by Gasteiger charge is 2.15. The summed E-state index contributed by atoms with van der Waals surface area (Å²) in [6.45, 7) is 8.77. The molecule has 3 rings (SSSR count). The van der Waals surface area contributed by atoms with Crippen molar-refractivity contribution in [3.8, 4) is 11.5 Å². The van der Waals surface area contributed by atoms with Gasteiger partial charge in [0.2, 0.25) is 0 Å². The molecule has 1 atom stereocenters. The van der Waals surface area contributed by atoms with Crippen molar-refractivity contribution in [3.05, 3.63) is 94.0 Å². The van der Waals surface area contributed by atoms with E-state index in [4.69, 9.17) is 21.1 Å². The molecule has 5 heteroatoms. The second kappa shape index (κ2) is 10.1. The number of benzene rings is 3. The molecular formula is C27H30ClNO3. The third kappa shape index (κ3) is 6.04. The molecule has 0 radical (unpaired) electrons. The molecule has 0 heterocycles. The van der Waals surface area contributed by atoms with Crippen molar-refractivity contribution in [1.82, 2.24) is 5.32 Å². The molecule has 32 heavy (non-hydrogen) atoms. The quantitative estimate of drug-likeness (QED) is 0.434. The summed E-state index contributed by atoms with van der Waals surface area (Å²) in [5, 5.41) is 3.69. The third-order valence-corrected chi connectivity index (χ3v) is 5.63. The summed E-state index contributed by atoms with van der Waals surface area (Å²) < 4.78 is 11.4. The molecule has 0 saturated carbocycles. The number of methoxy groups -OCH3 is 1. The molecule has 0 saturated heterocycles. The Morgan fingerprint density at radius 1 is 1.00 bits per heavy atom. The Labute approximate surface area is 195 Å². The second-order valence-electron chi connectivity index (χ2n) is 8.84. The lowest BCUT2D eigenvalue weighted by molar-refractivity contribution is 0.0939. The molecule has 0 aliphatic carbocycles. The van der Waals surface area contributed by atoms with Crippen LogP contribution in [0.25, 0.3) is 0 Å². The molecule has 0 aliphatic rings. The minimum absolute atomic E-state index is 0.0899. The predicted molar refractivity (Wildman–Crippen MR) is 130 cm³/mol. The van der Waals surface area contributed by atoms with E-state index in [2.05, 4.69) is 38.2 Å². The lowest BCUT2D eigenvalue weighted by Crippen LogP contribution is -2.26. The standard InChI is InChI=1S/C27H30ClNO3/c1-18(19-6-11-23(28)12-7-19)29-26(30)20-8-15-25(31-5)21(16-20)17-32-24-13-9-22(10-14-24)27(2,3)4/h6-16,18H,17H2,1-5H3,(H,29,30)/t18-/m0/s1. The highest BCUT2D eigenvalue weighted by atomic mass is 35.5. The molecular weight excluding hydrogens is 422 g/mol. The smallest absolute Gasteiger partial charge is 0.251 e. The maximum absolute atomic E-state index is 12.8. The summed E-state index contributed by atoms with van der Waals surface area (Å²) in [7, 11) is 1.61. The van der Waals surface area contributed by atoms with Gasteiger partial charge in [-0.2, -0.15) is 0 Å². The van der Waals surface area contributed by atoms with Crippen LogP contribution >= 0.6 is 11.6 Å². The van der Waals surface area contributed by atoms with E-state index in [0.29, 0.717) is 22.9 Å². The minimum Gasteiger partial charge on any atom is -0.496 e. The summed E-state index contributed by atoms with van der Waals surface area (Å²) in [5.74, 6) is 1.29. The summed E-state index contributed by atoms with van der Waals surface area (Å²) in [5.41, 5.74) is 3.67. The lowest BCUT2D eigenvalue weighted by atomic mass is 9.87. The molecule has 0 spiro atoms. The zero-order valence-corrected chi connectivity index (χ0v) is 20.0. The Balaban J connectivity index is 1.70. The first-order chi connectivity index (χ1) is 15.2. The van der Waals surface area contributed by atoms with Gasteiger partial charge in [0, 0.05) is 16.1 Å². The predicted octanol–water partition coefficient (Wildman–Crippen LogP) is 6.72. The lowest BCUT2D eigenvalue weighted by Gasteiger charge is -2.19. The van der Waals surface area contributed by atoms with Gasteiger partial charge in [-0.15, -0.1) is 0 Å². The van der Waals surface area contributed by atoms with E-state index in [1.54, 1.807) is 19.2 Å². The van der Waals surface area contributed by atoms with Gasteiger partial charge in [0.25, 0.3) is 5.91 Å². The zero-order valence-electron chi connectivity index (χ0n) is 19.2. The number of halogens is 1. The molecule has 0 unspecified atom stereocenters. The molecule has 0 aliphatic heterocycles. The van der Waals surface area contributed by atoms with Crippen LogP contribution in [0.1, 0.15) is 60.8 Å². The fourth-order valence-corrected chi connectivity index (χ4v) is 3.49. The number of carbonyl (C=O) groups excluding carboxylic acids is 1. The molecule has 1 N–H and O–H groups in total. The Bertz CT molecular complexity index is 1050. The fraction of sp³-hybridized carbons (Fsp3) is 0.296. The first-order valence-electron chi connectivity index (χ1n) is 10.6. The van der Waals surface area contributed by atoms with E-state index in [9.17, 15) is 4.79 Å². The van der Waals surface area contributed by atoms with Gasteiger partial charge in [-0.1, -0.05) is 56.6 Å². The van der Waals surface area contributed by atoms with Crippen LogP contribution in [0.15, 0.2) is 66.7 Å². The largest absolute Gasteiger partial charge is 0.496 e. The molecule has 3 aromatic rings. The second-order valence-corrected chi connectivity index (χ2v) is 9.27. The van der Waals surface area contributed by atoms with Gasteiger partial charge < -0.3 is 14.8 Å². The number of rotatable bonds is 7. The van der Waals surface area contributed by atoms with E-state index in [-0.39, 0.29) is 17.4 Å². The van der Waals surface area contributed by atoms with Gasteiger partial charge in [0.1, 0.15) is 18.1 Å². The van der Waals surface area contributed by atoms with Crippen molar-refractivity contribution in [2.24, 2.45) is 0 Å². The monoisotopic (exact) mass is 451 g/mol. The normalized spacial score (nSPS) is 12.2.